The van der Waals surface area contributed by atoms with Crippen molar-refractivity contribution in [1.82, 2.24) is 14.9 Å². The highest BCUT2D eigenvalue weighted by atomic mass is 32.2. The summed E-state index contributed by atoms with van der Waals surface area (Å²) in [4.78, 5) is 6.70. The molecule has 0 aliphatic carbocycles. The lowest BCUT2D eigenvalue weighted by molar-refractivity contribution is 0.564. The van der Waals surface area contributed by atoms with Gasteiger partial charge in [0.2, 0.25) is 10.0 Å². The number of aryl methyl sites for hydroxylation is 2. The number of thiocarbonyl (C=S) groups is 1. The summed E-state index contributed by atoms with van der Waals surface area (Å²) in [6.07, 6.45) is 2.94. The molecule has 4 rings (SSSR count). The lowest BCUT2D eigenvalue weighted by Gasteiger charge is -2.28. The molecule has 2 atom stereocenters. The third kappa shape index (κ3) is 4.10. The fourth-order valence-electron chi connectivity index (χ4n) is 4.24. The third-order valence-electron chi connectivity index (χ3n) is 6.01. The van der Waals surface area contributed by atoms with Crippen LogP contribution in [-0.2, 0) is 17.1 Å². The summed E-state index contributed by atoms with van der Waals surface area (Å²) in [5, 5.41) is 4.08. The second kappa shape index (κ2) is 8.22. The zero-order valence-electron chi connectivity index (χ0n) is 18.7. The van der Waals surface area contributed by atoms with Crippen LogP contribution in [0.25, 0.3) is 0 Å². The van der Waals surface area contributed by atoms with Crippen molar-refractivity contribution in [1.29, 1.82) is 0 Å². The number of benzene rings is 1. The Morgan fingerprint density at radius 2 is 1.88 bits per heavy atom. The van der Waals surface area contributed by atoms with Crippen LogP contribution in [0.3, 0.4) is 0 Å². The molecule has 1 fully saturated rings. The van der Waals surface area contributed by atoms with Gasteiger partial charge in [-0.25, -0.2) is 8.42 Å². The molecule has 168 valence electrons. The number of hydrogen-bond donors (Lipinski definition) is 2. The molecule has 1 saturated heterocycles. The number of anilines is 2. The van der Waals surface area contributed by atoms with E-state index < -0.39 is 10.0 Å². The van der Waals surface area contributed by atoms with Gasteiger partial charge in [-0.05, 0) is 80.5 Å². The standard InChI is InChI=1S/C23H27N5O2S2/c1-14-12-17(9-10-19(14)26-32(5,29)30)28-22(18-13-15(2)27(4)16(18)3)21(25-23(28)31)20-8-6-7-11-24-20/h6-13,21-22,26H,1-5H3,(H,25,31)/t21-,22-/m1/s1. The van der Waals surface area contributed by atoms with E-state index in [0.29, 0.717) is 10.8 Å². The lowest BCUT2D eigenvalue weighted by Crippen LogP contribution is -2.29. The average molecular weight is 470 g/mol. The van der Waals surface area contributed by atoms with Crippen LogP contribution in [0.15, 0.2) is 48.7 Å². The zero-order valence-corrected chi connectivity index (χ0v) is 20.4. The van der Waals surface area contributed by atoms with Crippen molar-refractivity contribution in [2.75, 3.05) is 15.9 Å². The maximum absolute atomic E-state index is 11.7. The zero-order chi connectivity index (χ0) is 23.2. The Bertz CT molecular complexity index is 1290. The number of nitrogens with zero attached hydrogens (tertiary/aromatic N) is 3. The van der Waals surface area contributed by atoms with Crippen molar-refractivity contribution in [3.8, 4) is 0 Å². The topological polar surface area (TPSA) is 79.3 Å². The SMILES string of the molecule is Cc1cc(N2C(=S)N[C@H](c3ccccn3)[C@H]2c2cc(C)n(C)c2C)ccc1NS(C)(=O)=O. The minimum atomic E-state index is -3.36. The van der Waals surface area contributed by atoms with Gasteiger partial charge in [-0.3, -0.25) is 9.71 Å². The van der Waals surface area contributed by atoms with Crippen LogP contribution >= 0.6 is 12.2 Å². The largest absolute Gasteiger partial charge is 0.352 e. The van der Waals surface area contributed by atoms with Crippen LogP contribution in [-0.4, -0.2) is 29.3 Å². The van der Waals surface area contributed by atoms with Crippen molar-refractivity contribution < 1.29 is 8.42 Å². The fourth-order valence-corrected chi connectivity index (χ4v) is 5.22. The van der Waals surface area contributed by atoms with E-state index in [1.54, 1.807) is 12.3 Å². The normalized spacial score (nSPS) is 18.7. The molecule has 7 nitrogen and oxygen atoms in total. The highest BCUT2D eigenvalue weighted by Gasteiger charge is 2.42. The van der Waals surface area contributed by atoms with Gasteiger partial charge in [0.15, 0.2) is 5.11 Å². The molecule has 32 heavy (non-hydrogen) atoms. The van der Waals surface area contributed by atoms with Gasteiger partial charge in [0.05, 0.1) is 29.7 Å². The second-order valence-corrected chi connectivity index (χ2v) is 10.4. The van der Waals surface area contributed by atoms with Gasteiger partial charge in [-0.15, -0.1) is 0 Å². The first-order valence-electron chi connectivity index (χ1n) is 10.3. The van der Waals surface area contributed by atoms with Crippen LogP contribution in [0.2, 0.25) is 0 Å². The molecular weight excluding hydrogens is 442 g/mol. The number of nitrogens with one attached hydrogen (secondary N) is 2. The Morgan fingerprint density at radius 3 is 2.44 bits per heavy atom. The van der Waals surface area contributed by atoms with Crippen LogP contribution < -0.4 is 14.9 Å². The van der Waals surface area contributed by atoms with E-state index in [0.717, 1.165) is 28.9 Å². The Hall–Kier alpha value is -2.91. The Kier molecular flexibility index (Phi) is 5.72. The third-order valence-corrected chi connectivity index (χ3v) is 6.92. The molecule has 2 N–H and O–H groups in total. The monoisotopic (exact) mass is 469 g/mol. The van der Waals surface area contributed by atoms with Gasteiger partial charge in [-0.1, -0.05) is 6.07 Å². The van der Waals surface area contributed by atoms with E-state index in [1.165, 1.54) is 11.3 Å². The van der Waals surface area contributed by atoms with E-state index in [2.05, 4.69) is 51.5 Å². The maximum atomic E-state index is 11.7. The van der Waals surface area contributed by atoms with Gasteiger partial charge in [-0.2, -0.15) is 0 Å². The first-order valence-corrected chi connectivity index (χ1v) is 12.6. The van der Waals surface area contributed by atoms with Crippen molar-refractivity contribution in [2.45, 2.75) is 32.9 Å². The summed E-state index contributed by atoms with van der Waals surface area (Å²) in [5.74, 6) is 0. The highest BCUT2D eigenvalue weighted by molar-refractivity contribution is 7.92. The smallest absolute Gasteiger partial charge is 0.229 e. The quantitative estimate of drug-likeness (QED) is 0.552. The number of rotatable bonds is 5. The van der Waals surface area contributed by atoms with Crippen molar-refractivity contribution in [2.24, 2.45) is 7.05 Å². The van der Waals surface area contributed by atoms with Gasteiger partial charge in [0.1, 0.15) is 0 Å². The van der Waals surface area contributed by atoms with Crippen molar-refractivity contribution in [3.05, 3.63) is 76.9 Å². The molecule has 0 saturated carbocycles. The van der Waals surface area contributed by atoms with Crippen LogP contribution in [0.5, 0.6) is 0 Å². The van der Waals surface area contributed by atoms with E-state index in [4.69, 9.17) is 12.2 Å². The first-order chi connectivity index (χ1) is 15.1. The van der Waals surface area contributed by atoms with Gasteiger partial charge >= 0.3 is 0 Å². The highest BCUT2D eigenvalue weighted by Crippen LogP contribution is 2.43. The summed E-state index contributed by atoms with van der Waals surface area (Å²) < 4.78 is 28.1. The second-order valence-electron chi connectivity index (χ2n) is 8.26. The molecule has 0 spiro atoms. The molecular formula is C23H27N5O2S2. The molecule has 1 aliphatic rings. The number of hydrogen-bond acceptors (Lipinski definition) is 4. The molecule has 3 heterocycles. The van der Waals surface area contributed by atoms with Gasteiger partial charge in [0, 0.05) is 30.3 Å². The number of sulfonamides is 1. The van der Waals surface area contributed by atoms with E-state index >= 15 is 0 Å². The lowest BCUT2D eigenvalue weighted by atomic mass is 9.96. The molecule has 1 aromatic carbocycles. The van der Waals surface area contributed by atoms with Crippen molar-refractivity contribution >= 4 is 38.7 Å². The molecule has 0 radical (unpaired) electrons. The maximum Gasteiger partial charge on any atom is 0.229 e. The Labute approximate surface area is 194 Å². The molecule has 0 unspecified atom stereocenters. The van der Waals surface area contributed by atoms with Gasteiger partial charge < -0.3 is 14.8 Å². The van der Waals surface area contributed by atoms with Crippen LogP contribution in [0.4, 0.5) is 11.4 Å². The van der Waals surface area contributed by atoms with E-state index in [9.17, 15) is 8.42 Å². The minimum absolute atomic E-state index is 0.106. The average Bonchev–Trinajstić information content (AvgIpc) is 3.20. The Morgan fingerprint density at radius 1 is 1.12 bits per heavy atom. The van der Waals surface area contributed by atoms with Crippen LogP contribution in [0.1, 0.15) is 40.3 Å². The summed E-state index contributed by atoms with van der Waals surface area (Å²) in [5.41, 5.74) is 6.68. The fraction of sp³-hybridized carbons (Fsp3) is 0.304. The van der Waals surface area contributed by atoms with Gasteiger partial charge in [0.25, 0.3) is 0 Å². The summed E-state index contributed by atoms with van der Waals surface area (Å²) in [7, 11) is -1.30. The molecule has 0 amide bonds. The van der Waals surface area contributed by atoms with Crippen molar-refractivity contribution in [3.63, 3.8) is 0 Å². The summed E-state index contributed by atoms with van der Waals surface area (Å²) >= 11 is 5.79. The van der Waals surface area contributed by atoms with Crippen LogP contribution in [0, 0.1) is 20.8 Å². The number of pyridine rings is 1. The van der Waals surface area contributed by atoms with E-state index in [-0.39, 0.29) is 12.1 Å². The first kappa shape index (κ1) is 22.3. The molecule has 0 bridgehead atoms. The molecule has 9 heteroatoms. The summed E-state index contributed by atoms with van der Waals surface area (Å²) in [6, 6.07) is 13.5. The predicted molar refractivity (Wildman–Crippen MR) is 132 cm³/mol. The predicted octanol–water partition coefficient (Wildman–Crippen LogP) is 3.89. The molecule has 3 aromatic rings. The number of aromatic nitrogens is 2. The molecule has 2 aromatic heterocycles. The minimum Gasteiger partial charge on any atom is -0.352 e. The van der Waals surface area contributed by atoms with E-state index in [1.807, 2.05) is 37.3 Å². The molecule has 1 aliphatic heterocycles. The summed E-state index contributed by atoms with van der Waals surface area (Å²) in [6.45, 7) is 6.08. The Balaban J connectivity index is 1.83.